The van der Waals surface area contributed by atoms with Crippen molar-refractivity contribution in [2.45, 2.75) is 20.8 Å². The minimum absolute atomic E-state index is 0. The van der Waals surface area contributed by atoms with Gasteiger partial charge < -0.3 is 0 Å². The molecule has 0 heterocycles. The van der Waals surface area contributed by atoms with Crippen molar-refractivity contribution in [2.75, 3.05) is 0 Å². The maximum atomic E-state index is 2.33. The SMILES string of the molecule is CC1=[C]([Zr])C(C)C(C)=C1[SiH3].Cl.Cl. The van der Waals surface area contributed by atoms with E-state index in [0.717, 1.165) is 5.92 Å². The summed E-state index contributed by atoms with van der Waals surface area (Å²) in [5.74, 6) is 0.769. The fourth-order valence-electron chi connectivity index (χ4n) is 1.36. The Balaban J connectivity index is 0. The first-order valence-electron chi connectivity index (χ1n) is 3.65. The summed E-state index contributed by atoms with van der Waals surface area (Å²) >= 11 is 1.61. The molecule has 1 aliphatic carbocycles. The van der Waals surface area contributed by atoms with Crippen LogP contribution in [0.4, 0.5) is 0 Å². The minimum atomic E-state index is 0. The van der Waals surface area contributed by atoms with Crippen molar-refractivity contribution in [1.29, 1.82) is 0 Å². The van der Waals surface area contributed by atoms with Gasteiger partial charge in [0.15, 0.2) is 0 Å². The first-order valence-corrected chi connectivity index (χ1v) is 5.88. The van der Waals surface area contributed by atoms with Crippen LogP contribution < -0.4 is 0 Å². The standard InChI is InChI=1S/C8H13Si.2ClH.Zr/c1-5-4-6(2)8(9)7(5)3;;;/h5H,1-3,9H3;2*1H;. The van der Waals surface area contributed by atoms with Crippen molar-refractivity contribution < 1.29 is 24.7 Å². The zero-order chi connectivity index (χ0) is 7.89. The average Bonchev–Trinajstić information content (AvgIpc) is 2.07. The maximum Gasteiger partial charge on any atom is -0.147 e. The number of allylic oxidation sites excluding steroid dienone is 4. The van der Waals surface area contributed by atoms with Gasteiger partial charge in [-0.1, -0.05) is 0 Å². The molecule has 0 amide bonds. The van der Waals surface area contributed by atoms with Gasteiger partial charge in [-0.15, -0.1) is 24.8 Å². The smallest absolute Gasteiger partial charge is 0.147 e. The molecule has 0 aromatic rings. The Hall–Kier alpha value is 1.16. The molecule has 1 unspecified atom stereocenters. The molecule has 0 fully saturated rings. The summed E-state index contributed by atoms with van der Waals surface area (Å²) < 4.78 is 1.68. The van der Waals surface area contributed by atoms with Gasteiger partial charge in [-0.05, 0) is 0 Å². The van der Waals surface area contributed by atoms with Gasteiger partial charge in [0.2, 0.25) is 0 Å². The molecule has 4 heteroatoms. The third kappa shape index (κ3) is 2.57. The molecule has 1 aliphatic rings. The minimum Gasteiger partial charge on any atom is -0.147 e. The molecular weight excluding hydrogens is 286 g/mol. The van der Waals surface area contributed by atoms with Crippen LogP contribution in [0.15, 0.2) is 19.6 Å². The fraction of sp³-hybridized carbons (Fsp3) is 0.500. The van der Waals surface area contributed by atoms with Crippen LogP contribution >= 0.6 is 24.8 Å². The van der Waals surface area contributed by atoms with Crippen molar-refractivity contribution in [2.24, 2.45) is 5.92 Å². The van der Waals surface area contributed by atoms with Crippen molar-refractivity contribution in [3.05, 3.63) is 19.6 Å². The second kappa shape index (κ2) is 5.80. The normalized spacial score (nSPS) is 22.3. The first kappa shape index (κ1) is 15.6. The van der Waals surface area contributed by atoms with Crippen molar-refractivity contribution in [1.82, 2.24) is 0 Å². The summed E-state index contributed by atoms with van der Waals surface area (Å²) in [5, 5.41) is 1.67. The fourth-order valence-corrected chi connectivity index (χ4v) is 3.67. The van der Waals surface area contributed by atoms with Crippen molar-refractivity contribution >= 4 is 35.1 Å². The molecule has 1 atom stereocenters. The van der Waals surface area contributed by atoms with E-state index < -0.39 is 0 Å². The summed E-state index contributed by atoms with van der Waals surface area (Å²) in [6.45, 7) is 6.89. The average molecular weight is 301 g/mol. The molecule has 1 rings (SSSR count). The van der Waals surface area contributed by atoms with Crippen LogP contribution in [0.2, 0.25) is 0 Å². The number of rotatable bonds is 0. The molecule has 69 valence electrons. The Bertz CT molecular complexity index is 209. The predicted octanol–water partition coefficient (Wildman–Crippen LogP) is 1.94. The van der Waals surface area contributed by atoms with Crippen LogP contribution in [0.3, 0.4) is 0 Å². The van der Waals surface area contributed by atoms with E-state index >= 15 is 0 Å². The van der Waals surface area contributed by atoms with E-state index in [-0.39, 0.29) is 24.8 Å². The van der Waals surface area contributed by atoms with Crippen molar-refractivity contribution in [3.8, 4) is 0 Å². The van der Waals surface area contributed by atoms with Crippen LogP contribution in [0.5, 0.6) is 0 Å². The molecule has 0 aromatic heterocycles. The molecule has 0 saturated carbocycles. The third-order valence-electron chi connectivity index (χ3n) is 2.64. The Morgan fingerprint density at radius 1 is 1.25 bits per heavy atom. The van der Waals surface area contributed by atoms with Crippen molar-refractivity contribution in [3.63, 3.8) is 0 Å². The Kier molecular flexibility index (Phi) is 7.55. The van der Waals surface area contributed by atoms with E-state index in [1.807, 2.05) is 0 Å². The molecule has 0 N–H and O–H groups in total. The monoisotopic (exact) mass is 299 g/mol. The van der Waals surface area contributed by atoms with Crippen LogP contribution in [0.1, 0.15) is 20.8 Å². The molecule has 0 bridgehead atoms. The third-order valence-corrected chi connectivity index (χ3v) is 6.17. The maximum absolute atomic E-state index is 2.33. The molecule has 12 heavy (non-hydrogen) atoms. The molecule has 0 aromatic carbocycles. The summed E-state index contributed by atoms with van der Waals surface area (Å²) in [4.78, 5) is 0. The predicted molar refractivity (Wildman–Crippen MR) is 59.0 cm³/mol. The molecule has 0 radical (unpaired) electrons. The van der Waals surface area contributed by atoms with Crippen LogP contribution in [0, 0.1) is 5.92 Å². The van der Waals surface area contributed by atoms with E-state index in [2.05, 4.69) is 20.8 Å². The van der Waals surface area contributed by atoms with E-state index in [1.54, 1.807) is 44.3 Å². The van der Waals surface area contributed by atoms with Gasteiger partial charge in [-0.2, -0.15) is 0 Å². The second-order valence-electron chi connectivity index (χ2n) is 3.07. The van der Waals surface area contributed by atoms with E-state index in [1.165, 1.54) is 10.2 Å². The Labute approximate surface area is 105 Å². The van der Waals surface area contributed by atoms with Crippen LogP contribution in [-0.2, 0) is 24.7 Å². The number of hydrogen-bond donors (Lipinski definition) is 0. The molecule has 0 spiro atoms. The first-order chi connectivity index (χ1) is 4.55. The quantitative estimate of drug-likeness (QED) is 0.600. The summed E-state index contributed by atoms with van der Waals surface area (Å²) in [6, 6.07) is 0. The number of hydrogen-bond acceptors (Lipinski definition) is 0. The summed E-state index contributed by atoms with van der Waals surface area (Å²) in [5.41, 5.74) is 3.24. The number of halogens is 2. The van der Waals surface area contributed by atoms with Gasteiger partial charge in [0, 0.05) is 0 Å². The topological polar surface area (TPSA) is 0 Å². The van der Waals surface area contributed by atoms with Gasteiger partial charge in [-0.3, -0.25) is 0 Å². The zero-order valence-corrected chi connectivity index (χ0v) is 14.0. The van der Waals surface area contributed by atoms with Gasteiger partial charge in [0.05, 0.1) is 0 Å². The van der Waals surface area contributed by atoms with Gasteiger partial charge in [-0.25, -0.2) is 0 Å². The molecule has 0 aliphatic heterocycles. The molecule has 0 saturated heterocycles. The Morgan fingerprint density at radius 3 is 1.75 bits per heavy atom. The van der Waals surface area contributed by atoms with Crippen LogP contribution in [0.25, 0.3) is 0 Å². The zero-order valence-electron chi connectivity index (χ0n) is 7.89. The largest absolute Gasteiger partial charge is 0.147 e. The van der Waals surface area contributed by atoms with Gasteiger partial charge >= 0.3 is 81.3 Å². The van der Waals surface area contributed by atoms with E-state index in [9.17, 15) is 0 Å². The van der Waals surface area contributed by atoms with E-state index in [0.29, 0.717) is 0 Å². The summed E-state index contributed by atoms with van der Waals surface area (Å²) in [7, 11) is 1.23. The van der Waals surface area contributed by atoms with Gasteiger partial charge in [0.1, 0.15) is 0 Å². The van der Waals surface area contributed by atoms with E-state index in [4.69, 9.17) is 0 Å². The molecule has 0 nitrogen and oxygen atoms in total. The summed E-state index contributed by atoms with van der Waals surface area (Å²) in [6.07, 6.45) is 0. The van der Waals surface area contributed by atoms with Gasteiger partial charge in [0.25, 0.3) is 0 Å². The van der Waals surface area contributed by atoms with Crippen LogP contribution in [-0.4, -0.2) is 10.2 Å². The Morgan fingerprint density at radius 2 is 1.67 bits per heavy atom. The second-order valence-corrected chi connectivity index (χ2v) is 5.39. The molecular formula is C8H15Cl2SiZr.